The van der Waals surface area contributed by atoms with Crippen molar-refractivity contribution in [2.24, 2.45) is 0 Å². The van der Waals surface area contributed by atoms with Gasteiger partial charge in [-0.25, -0.2) is 14.1 Å². The topological polar surface area (TPSA) is 63.1 Å². The summed E-state index contributed by atoms with van der Waals surface area (Å²) in [6.45, 7) is 5.95. The molecule has 1 aromatic heterocycles. The Morgan fingerprint density at radius 3 is 2.70 bits per heavy atom. The zero-order valence-electron chi connectivity index (χ0n) is 13.0. The van der Waals surface area contributed by atoms with Crippen molar-refractivity contribution in [3.05, 3.63) is 41.7 Å². The lowest BCUT2D eigenvalue weighted by Gasteiger charge is -2.33. The lowest BCUT2D eigenvalue weighted by molar-refractivity contribution is 0.0643. The van der Waals surface area contributed by atoms with Gasteiger partial charge in [-0.05, 0) is 38.1 Å². The molecular formula is C15H19ClFN5O. The number of halogens is 2. The number of amides is 1. The minimum Gasteiger partial charge on any atom is -0.331 e. The lowest BCUT2D eigenvalue weighted by atomic mass is 10.2. The highest BCUT2D eigenvalue weighted by molar-refractivity contribution is 5.90. The molecule has 1 fully saturated rings. The average Bonchev–Trinajstić information content (AvgIpc) is 2.90. The molecule has 1 atom stereocenters. The Balaban J connectivity index is 0.00000192. The van der Waals surface area contributed by atoms with E-state index in [1.165, 1.54) is 12.1 Å². The van der Waals surface area contributed by atoms with E-state index in [-0.39, 0.29) is 36.0 Å². The predicted molar refractivity (Wildman–Crippen MR) is 86.7 cm³/mol. The van der Waals surface area contributed by atoms with Crippen LogP contribution in [0.2, 0.25) is 0 Å². The van der Waals surface area contributed by atoms with Crippen molar-refractivity contribution in [1.29, 1.82) is 0 Å². The Hall–Kier alpha value is -1.99. The van der Waals surface area contributed by atoms with Crippen LogP contribution in [0.25, 0.3) is 5.69 Å². The quantitative estimate of drug-likeness (QED) is 0.902. The highest BCUT2D eigenvalue weighted by Crippen LogP contribution is 2.13. The molecular weight excluding hydrogens is 321 g/mol. The summed E-state index contributed by atoms with van der Waals surface area (Å²) in [6.07, 6.45) is 0. The number of hydrogen-bond donors (Lipinski definition) is 1. The van der Waals surface area contributed by atoms with Gasteiger partial charge in [0, 0.05) is 25.7 Å². The number of piperazine rings is 1. The van der Waals surface area contributed by atoms with Gasteiger partial charge in [-0.3, -0.25) is 4.79 Å². The minimum atomic E-state index is -0.313. The number of benzene rings is 1. The number of aryl methyl sites for hydroxylation is 1. The van der Waals surface area contributed by atoms with Gasteiger partial charge in [-0.1, -0.05) is 0 Å². The second-order valence-electron chi connectivity index (χ2n) is 5.42. The molecule has 1 amide bonds. The second-order valence-corrected chi connectivity index (χ2v) is 5.42. The number of hydrogen-bond acceptors (Lipinski definition) is 4. The third-order valence-electron chi connectivity index (χ3n) is 3.79. The van der Waals surface area contributed by atoms with Gasteiger partial charge in [0.1, 0.15) is 11.6 Å². The van der Waals surface area contributed by atoms with Crippen LogP contribution in [0, 0.1) is 12.7 Å². The van der Waals surface area contributed by atoms with Crippen LogP contribution in [0.5, 0.6) is 0 Å². The number of nitrogens with one attached hydrogen (secondary N) is 1. The third kappa shape index (κ3) is 3.51. The molecule has 0 aliphatic carbocycles. The van der Waals surface area contributed by atoms with Crippen LogP contribution in [0.3, 0.4) is 0 Å². The fourth-order valence-electron chi connectivity index (χ4n) is 2.58. The van der Waals surface area contributed by atoms with Gasteiger partial charge in [-0.2, -0.15) is 0 Å². The van der Waals surface area contributed by atoms with Crippen molar-refractivity contribution in [1.82, 2.24) is 25.0 Å². The SMILES string of the molecule is Cc1nc(C(=O)N2CCNC[C@@H]2C)nn1-c1ccc(F)cc1.Cl. The Labute approximate surface area is 140 Å². The molecule has 1 saturated heterocycles. The van der Waals surface area contributed by atoms with Crippen LogP contribution in [0.15, 0.2) is 24.3 Å². The van der Waals surface area contributed by atoms with Gasteiger partial charge in [0.05, 0.1) is 5.69 Å². The Bertz CT molecular complexity index is 688. The summed E-state index contributed by atoms with van der Waals surface area (Å²) in [7, 11) is 0. The first-order valence-electron chi connectivity index (χ1n) is 7.27. The maximum absolute atomic E-state index is 13.0. The van der Waals surface area contributed by atoms with E-state index in [0.717, 1.165) is 13.1 Å². The van der Waals surface area contributed by atoms with Crippen molar-refractivity contribution in [2.75, 3.05) is 19.6 Å². The van der Waals surface area contributed by atoms with E-state index in [1.807, 2.05) is 6.92 Å². The van der Waals surface area contributed by atoms with E-state index in [9.17, 15) is 9.18 Å². The molecule has 8 heteroatoms. The zero-order valence-corrected chi connectivity index (χ0v) is 13.8. The molecule has 2 heterocycles. The van der Waals surface area contributed by atoms with Gasteiger partial charge < -0.3 is 10.2 Å². The second kappa shape index (κ2) is 7.06. The number of carbonyl (C=O) groups is 1. The highest BCUT2D eigenvalue weighted by Gasteiger charge is 2.27. The maximum atomic E-state index is 13.0. The fraction of sp³-hybridized carbons (Fsp3) is 0.400. The first-order valence-corrected chi connectivity index (χ1v) is 7.27. The van der Waals surface area contributed by atoms with Crippen molar-refractivity contribution >= 4 is 18.3 Å². The smallest absolute Gasteiger partial charge is 0.293 e. The molecule has 1 aromatic carbocycles. The third-order valence-corrected chi connectivity index (χ3v) is 3.79. The van der Waals surface area contributed by atoms with Gasteiger partial charge in [0.2, 0.25) is 5.82 Å². The van der Waals surface area contributed by atoms with Crippen LogP contribution >= 0.6 is 12.4 Å². The van der Waals surface area contributed by atoms with Gasteiger partial charge in [-0.15, -0.1) is 17.5 Å². The fourth-order valence-corrected chi connectivity index (χ4v) is 2.58. The van der Waals surface area contributed by atoms with E-state index in [2.05, 4.69) is 15.4 Å². The summed E-state index contributed by atoms with van der Waals surface area (Å²) < 4.78 is 14.6. The van der Waals surface area contributed by atoms with Gasteiger partial charge in [0.25, 0.3) is 5.91 Å². The summed E-state index contributed by atoms with van der Waals surface area (Å²) in [4.78, 5) is 18.6. The summed E-state index contributed by atoms with van der Waals surface area (Å²) >= 11 is 0. The molecule has 2 aromatic rings. The molecule has 1 N–H and O–H groups in total. The summed E-state index contributed by atoms with van der Waals surface area (Å²) in [5.74, 6) is 0.291. The normalized spacial score (nSPS) is 17.7. The lowest BCUT2D eigenvalue weighted by Crippen LogP contribution is -2.52. The van der Waals surface area contributed by atoms with Crippen molar-refractivity contribution in [3.63, 3.8) is 0 Å². The first-order chi connectivity index (χ1) is 10.6. The van der Waals surface area contributed by atoms with Crippen LogP contribution in [0.4, 0.5) is 4.39 Å². The van der Waals surface area contributed by atoms with Gasteiger partial charge in [0.15, 0.2) is 0 Å². The monoisotopic (exact) mass is 339 g/mol. The van der Waals surface area contributed by atoms with E-state index in [4.69, 9.17) is 0 Å². The molecule has 0 saturated carbocycles. The largest absolute Gasteiger partial charge is 0.331 e. The Kier molecular flexibility index (Phi) is 5.33. The van der Waals surface area contributed by atoms with E-state index in [0.29, 0.717) is 18.1 Å². The number of rotatable bonds is 2. The summed E-state index contributed by atoms with van der Waals surface area (Å²) in [6, 6.07) is 6.05. The number of nitrogens with zero attached hydrogens (tertiary/aromatic N) is 4. The molecule has 0 radical (unpaired) electrons. The number of carbonyl (C=O) groups excluding carboxylic acids is 1. The van der Waals surface area contributed by atoms with Gasteiger partial charge >= 0.3 is 0 Å². The molecule has 124 valence electrons. The maximum Gasteiger partial charge on any atom is 0.293 e. The van der Waals surface area contributed by atoms with Crippen molar-refractivity contribution in [2.45, 2.75) is 19.9 Å². The van der Waals surface area contributed by atoms with E-state index >= 15 is 0 Å². The molecule has 23 heavy (non-hydrogen) atoms. The molecule has 1 aliphatic rings. The molecule has 1 aliphatic heterocycles. The van der Waals surface area contributed by atoms with E-state index in [1.54, 1.807) is 28.6 Å². The average molecular weight is 340 g/mol. The number of aromatic nitrogens is 3. The highest BCUT2D eigenvalue weighted by atomic mass is 35.5. The van der Waals surface area contributed by atoms with Crippen LogP contribution in [0.1, 0.15) is 23.4 Å². The molecule has 0 bridgehead atoms. The minimum absolute atomic E-state index is 0. The standard InChI is InChI=1S/C15H18FN5O.ClH/c1-10-9-17-7-8-20(10)15(22)14-18-11(2)21(19-14)13-5-3-12(16)4-6-13;/h3-6,10,17H,7-9H2,1-2H3;1H/t10-;/m0./s1. The van der Waals surface area contributed by atoms with Crippen molar-refractivity contribution < 1.29 is 9.18 Å². The summed E-state index contributed by atoms with van der Waals surface area (Å²) in [5.41, 5.74) is 0.679. The molecule has 0 unspecified atom stereocenters. The zero-order chi connectivity index (χ0) is 15.7. The predicted octanol–water partition coefficient (Wildman–Crippen LogP) is 1.57. The first kappa shape index (κ1) is 17.4. The Morgan fingerprint density at radius 2 is 2.04 bits per heavy atom. The van der Waals surface area contributed by atoms with E-state index < -0.39 is 0 Å². The van der Waals surface area contributed by atoms with Crippen LogP contribution in [-0.2, 0) is 0 Å². The molecule has 3 rings (SSSR count). The molecule has 6 nitrogen and oxygen atoms in total. The summed E-state index contributed by atoms with van der Waals surface area (Å²) in [5, 5.41) is 7.53. The van der Waals surface area contributed by atoms with Crippen LogP contribution in [-0.4, -0.2) is 51.2 Å². The van der Waals surface area contributed by atoms with Crippen molar-refractivity contribution in [3.8, 4) is 5.69 Å². The van der Waals surface area contributed by atoms with Crippen LogP contribution < -0.4 is 5.32 Å². The molecule has 0 spiro atoms. The Morgan fingerprint density at radius 1 is 1.35 bits per heavy atom.